The molecule has 0 aliphatic carbocycles. The summed E-state index contributed by atoms with van der Waals surface area (Å²) in [6.07, 6.45) is 2.79. The summed E-state index contributed by atoms with van der Waals surface area (Å²) in [6, 6.07) is 9.69. The normalized spacial score (nSPS) is 12.4. The second-order valence-electron chi connectivity index (χ2n) is 3.74. The molecular formula is C13H21NO2. The molecule has 0 spiro atoms. The third-order valence-corrected chi connectivity index (χ3v) is 2.32. The monoisotopic (exact) mass is 223 g/mol. The molecular weight excluding hydrogens is 202 g/mol. The summed E-state index contributed by atoms with van der Waals surface area (Å²) in [6.45, 7) is 3.21. The minimum Gasteiger partial charge on any atom is -0.475 e. The van der Waals surface area contributed by atoms with Gasteiger partial charge in [-0.1, -0.05) is 31.5 Å². The van der Waals surface area contributed by atoms with E-state index in [1.807, 2.05) is 30.3 Å². The van der Waals surface area contributed by atoms with E-state index in [0.29, 0.717) is 6.42 Å². The summed E-state index contributed by atoms with van der Waals surface area (Å²) in [5.41, 5.74) is 0. The minimum absolute atomic E-state index is 0.0982. The van der Waals surface area contributed by atoms with E-state index in [1.54, 1.807) is 0 Å². The Kier molecular flexibility index (Phi) is 6.61. The lowest BCUT2D eigenvalue weighted by molar-refractivity contribution is 0.124. The largest absolute Gasteiger partial charge is 0.475 e. The Labute approximate surface area is 97.4 Å². The highest BCUT2D eigenvalue weighted by Crippen LogP contribution is 2.11. The number of aliphatic hydroxyl groups is 1. The highest BCUT2D eigenvalue weighted by atomic mass is 16.5. The van der Waals surface area contributed by atoms with Crippen LogP contribution in [0.25, 0.3) is 0 Å². The van der Waals surface area contributed by atoms with Crippen molar-refractivity contribution in [1.29, 1.82) is 0 Å². The van der Waals surface area contributed by atoms with Crippen LogP contribution in [0.3, 0.4) is 0 Å². The van der Waals surface area contributed by atoms with Crippen molar-refractivity contribution in [1.82, 2.24) is 5.32 Å². The molecule has 0 saturated heterocycles. The first kappa shape index (κ1) is 13.0. The van der Waals surface area contributed by atoms with Crippen LogP contribution >= 0.6 is 0 Å². The lowest BCUT2D eigenvalue weighted by Gasteiger charge is -2.19. The molecule has 1 rings (SSSR count). The van der Waals surface area contributed by atoms with Crippen LogP contribution in [0.5, 0.6) is 5.75 Å². The zero-order valence-electron chi connectivity index (χ0n) is 9.86. The molecule has 0 aromatic heterocycles. The molecule has 0 bridgehead atoms. The Hall–Kier alpha value is -1.06. The lowest BCUT2D eigenvalue weighted by Crippen LogP contribution is -2.36. The molecule has 1 aromatic carbocycles. The van der Waals surface area contributed by atoms with Crippen LogP contribution in [0.4, 0.5) is 0 Å². The Morgan fingerprint density at radius 2 is 2.06 bits per heavy atom. The first-order valence-corrected chi connectivity index (χ1v) is 5.92. The van der Waals surface area contributed by atoms with E-state index < -0.39 is 0 Å². The van der Waals surface area contributed by atoms with Crippen LogP contribution in [-0.4, -0.2) is 24.5 Å². The van der Waals surface area contributed by atoms with Gasteiger partial charge >= 0.3 is 0 Å². The fourth-order valence-electron chi connectivity index (χ4n) is 1.42. The zero-order chi connectivity index (χ0) is 11.6. The summed E-state index contributed by atoms with van der Waals surface area (Å²) in [4.78, 5) is 0. The van der Waals surface area contributed by atoms with Crippen molar-refractivity contribution in [2.45, 2.75) is 32.4 Å². The summed E-state index contributed by atoms with van der Waals surface area (Å²) in [5.74, 6) is 0.838. The van der Waals surface area contributed by atoms with Crippen LogP contribution in [0, 0.1) is 0 Å². The maximum Gasteiger partial charge on any atom is 0.152 e. The predicted octanol–water partition coefficient (Wildman–Crippen LogP) is 2.16. The lowest BCUT2D eigenvalue weighted by atomic mass is 10.3. The van der Waals surface area contributed by atoms with Gasteiger partial charge in [0.1, 0.15) is 5.75 Å². The SMILES string of the molecule is CCCCNC(CCO)Oc1ccccc1. The number of hydrogen-bond acceptors (Lipinski definition) is 3. The van der Waals surface area contributed by atoms with Crippen molar-refractivity contribution in [3.63, 3.8) is 0 Å². The molecule has 0 fully saturated rings. The van der Waals surface area contributed by atoms with Gasteiger partial charge in [-0.25, -0.2) is 0 Å². The maximum atomic E-state index is 8.95. The van der Waals surface area contributed by atoms with Crippen LogP contribution in [-0.2, 0) is 0 Å². The minimum atomic E-state index is -0.0982. The average Bonchev–Trinajstić information content (AvgIpc) is 2.31. The third kappa shape index (κ3) is 5.14. The highest BCUT2D eigenvalue weighted by molar-refractivity contribution is 5.21. The zero-order valence-corrected chi connectivity index (χ0v) is 9.86. The number of para-hydroxylation sites is 1. The standard InChI is InChI=1S/C13H21NO2/c1-2-3-10-14-13(9-11-15)16-12-7-5-4-6-8-12/h4-8,13-15H,2-3,9-11H2,1H3. The van der Waals surface area contributed by atoms with E-state index in [9.17, 15) is 0 Å². The Morgan fingerprint density at radius 1 is 1.31 bits per heavy atom. The van der Waals surface area contributed by atoms with Gasteiger partial charge in [0, 0.05) is 13.0 Å². The van der Waals surface area contributed by atoms with Crippen LogP contribution in [0.15, 0.2) is 30.3 Å². The molecule has 16 heavy (non-hydrogen) atoms. The van der Waals surface area contributed by atoms with Crippen LogP contribution in [0.2, 0.25) is 0 Å². The maximum absolute atomic E-state index is 8.95. The number of aliphatic hydroxyl groups excluding tert-OH is 1. The predicted molar refractivity (Wildman–Crippen MR) is 65.5 cm³/mol. The molecule has 0 radical (unpaired) electrons. The molecule has 1 atom stereocenters. The van der Waals surface area contributed by atoms with E-state index >= 15 is 0 Å². The summed E-state index contributed by atoms with van der Waals surface area (Å²) < 4.78 is 5.73. The third-order valence-electron chi connectivity index (χ3n) is 2.32. The number of unbranched alkanes of at least 4 members (excludes halogenated alkanes) is 1. The van der Waals surface area contributed by atoms with Gasteiger partial charge in [-0.3, -0.25) is 5.32 Å². The number of ether oxygens (including phenoxy) is 1. The fourth-order valence-corrected chi connectivity index (χ4v) is 1.42. The van der Waals surface area contributed by atoms with E-state index in [2.05, 4.69) is 12.2 Å². The van der Waals surface area contributed by atoms with Gasteiger partial charge in [-0.15, -0.1) is 0 Å². The highest BCUT2D eigenvalue weighted by Gasteiger charge is 2.07. The smallest absolute Gasteiger partial charge is 0.152 e. The molecule has 3 heteroatoms. The van der Waals surface area contributed by atoms with E-state index in [1.165, 1.54) is 0 Å². The van der Waals surface area contributed by atoms with Gasteiger partial charge in [0.15, 0.2) is 6.23 Å². The van der Waals surface area contributed by atoms with E-state index in [4.69, 9.17) is 9.84 Å². The Bertz CT molecular complexity index is 264. The molecule has 1 unspecified atom stereocenters. The number of nitrogens with one attached hydrogen (secondary N) is 1. The molecule has 90 valence electrons. The van der Waals surface area contributed by atoms with Crippen molar-refractivity contribution >= 4 is 0 Å². The van der Waals surface area contributed by atoms with Gasteiger partial charge in [0.2, 0.25) is 0 Å². The second-order valence-corrected chi connectivity index (χ2v) is 3.74. The Morgan fingerprint density at radius 3 is 2.69 bits per heavy atom. The molecule has 0 aliphatic rings. The summed E-state index contributed by atoms with van der Waals surface area (Å²) in [5, 5.41) is 12.2. The fraction of sp³-hybridized carbons (Fsp3) is 0.538. The molecule has 0 aliphatic heterocycles. The molecule has 0 amide bonds. The molecule has 2 N–H and O–H groups in total. The van der Waals surface area contributed by atoms with Gasteiger partial charge in [0.25, 0.3) is 0 Å². The van der Waals surface area contributed by atoms with E-state index in [0.717, 1.165) is 25.1 Å². The molecule has 1 aromatic rings. The van der Waals surface area contributed by atoms with Gasteiger partial charge in [-0.05, 0) is 25.1 Å². The average molecular weight is 223 g/mol. The van der Waals surface area contributed by atoms with Gasteiger partial charge in [-0.2, -0.15) is 0 Å². The first-order chi connectivity index (χ1) is 7.86. The van der Waals surface area contributed by atoms with E-state index in [-0.39, 0.29) is 12.8 Å². The van der Waals surface area contributed by atoms with Crippen molar-refractivity contribution in [2.75, 3.05) is 13.2 Å². The van der Waals surface area contributed by atoms with Crippen molar-refractivity contribution < 1.29 is 9.84 Å². The van der Waals surface area contributed by atoms with Crippen LogP contribution < -0.4 is 10.1 Å². The summed E-state index contributed by atoms with van der Waals surface area (Å²) >= 11 is 0. The Balaban J connectivity index is 2.38. The summed E-state index contributed by atoms with van der Waals surface area (Å²) in [7, 11) is 0. The molecule has 0 heterocycles. The van der Waals surface area contributed by atoms with Gasteiger partial charge < -0.3 is 9.84 Å². The first-order valence-electron chi connectivity index (χ1n) is 5.92. The molecule has 0 saturated carbocycles. The van der Waals surface area contributed by atoms with Crippen molar-refractivity contribution in [3.05, 3.63) is 30.3 Å². The number of hydrogen-bond donors (Lipinski definition) is 2. The number of rotatable bonds is 8. The second kappa shape index (κ2) is 8.13. The topological polar surface area (TPSA) is 41.5 Å². The van der Waals surface area contributed by atoms with Crippen LogP contribution in [0.1, 0.15) is 26.2 Å². The van der Waals surface area contributed by atoms with Gasteiger partial charge in [0.05, 0.1) is 0 Å². The molecule has 3 nitrogen and oxygen atoms in total. The van der Waals surface area contributed by atoms with Crippen molar-refractivity contribution in [3.8, 4) is 5.75 Å². The quantitative estimate of drug-likeness (QED) is 0.524. The van der Waals surface area contributed by atoms with Crippen molar-refractivity contribution in [2.24, 2.45) is 0 Å². The number of benzene rings is 1.